The molecule has 1 aliphatic heterocycles. The summed E-state index contributed by atoms with van der Waals surface area (Å²) in [4.78, 5) is 12.5. The van der Waals surface area contributed by atoms with Crippen molar-refractivity contribution in [2.45, 2.75) is 25.6 Å². The highest BCUT2D eigenvalue weighted by atomic mass is 16.5. The van der Waals surface area contributed by atoms with Gasteiger partial charge in [0.1, 0.15) is 18.1 Å². The van der Waals surface area contributed by atoms with Gasteiger partial charge < -0.3 is 19.5 Å². The maximum Gasteiger partial charge on any atom is 0.321 e. The van der Waals surface area contributed by atoms with Crippen LogP contribution in [0.3, 0.4) is 0 Å². The average molecular weight is 435 g/mol. The molecule has 1 unspecified atom stereocenters. The molecule has 32 heavy (non-hydrogen) atoms. The molecule has 0 bridgehead atoms. The molecule has 0 saturated carbocycles. The van der Waals surface area contributed by atoms with E-state index in [1.165, 1.54) is 5.56 Å². The van der Waals surface area contributed by atoms with Crippen molar-refractivity contribution in [3.8, 4) is 17.5 Å². The number of nitrogens with zero attached hydrogens (tertiary/aromatic N) is 4. The van der Waals surface area contributed by atoms with E-state index in [-0.39, 0.29) is 0 Å². The molecule has 7 heteroatoms. The Bertz CT molecular complexity index is 1020. The molecular weight excluding hydrogens is 404 g/mol. The fraction of sp³-hybridized carbons (Fsp3) is 0.360. The minimum atomic E-state index is -0.923. The van der Waals surface area contributed by atoms with Crippen molar-refractivity contribution in [3.05, 3.63) is 77.6 Å². The molecule has 0 spiro atoms. The molecule has 1 N–H and O–H groups in total. The summed E-state index contributed by atoms with van der Waals surface area (Å²) < 4.78 is 11.7. The molecule has 2 aromatic carbocycles. The Hall–Kier alpha value is -3.00. The SMILES string of the molecule is CN(C)CC(C)(O)c1ccc2c(c1)CN(Cc1ccc(Oc3ncccn3)cc1)CCO2. The van der Waals surface area contributed by atoms with Crippen LogP contribution in [0, 0.1) is 0 Å². The van der Waals surface area contributed by atoms with Crippen molar-refractivity contribution in [1.82, 2.24) is 19.8 Å². The Morgan fingerprint density at radius 2 is 1.88 bits per heavy atom. The Morgan fingerprint density at radius 1 is 1.12 bits per heavy atom. The molecule has 3 aromatic rings. The number of benzene rings is 2. The molecule has 4 rings (SSSR count). The van der Waals surface area contributed by atoms with E-state index in [1.807, 2.05) is 50.2 Å². The predicted molar refractivity (Wildman–Crippen MR) is 123 cm³/mol. The molecule has 1 aliphatic rings. The lowest BCUT2D eigenvalue weighted by molar-refractivity contribution is 0.0299. The van der Waals surface area contributed by atoms with E-state index in [9.17, 15) is 5.11 Å². The lowest BCUT2D eigenvalue weighted by Crippen LogP contribution is -2.34. The van der Waals surface area contributed by atoms with Crippen molar-refractivity contribution in [3.63, 3.8) is 0 Å². The van der Waals surface area contributed by atoms with Gasteiger partial charge in [-0.05, 0) is 62.5 Å². The first-order valence-electron chi connectivity index (χ1n) is 10.8. The van der Waals surface area contributed by atoms with Crippen LogP contribution >= 0.6 is 0 Å². The molecule has 1 atom stereocenters. The minimum absolute atomic E-state index is 0.336. The van der Waals surface area contributed by atoms with Crippen LogP contribution in [0.25, 0.3) is 0 Å². The normalized spacial score (nSPS) is 16.0. The van der Waals surface area contributed by atoms with Crippen molar-refractivity contribution < 1.29 is 14.6 Å². The first-order valence-corrected chi connectivity index (χ1v) is 10.8. The molecule has 1 aromatic heterocycles. The van der Waals surface area contributed by atoms with Gasteiger partial charge in [0.15, 0.2) is 0 Å². The van der Waals surface area contributed by atoms with E-state index in [0.29, 0.717) is 24.9 Å². The number of hydrogen-bond acceptors (Lipinski definition) is 7. The molecule has 0 amide bonds. The summed E-state index contributed by atoms with van der Waals surface area (Å²) in [6, 6.07) is 16.1. The summed E-state index contributed by atoms with van der Waals surface area (Å²) in [6.45, 7) is 5.43. The van der Waals surface area contributed by atoms with Gasteiger partial charge in [0, 0.05) is 44.1 Å². The van der Waals surface area contributed by atoms with Crippen molar-refractivity contribution >= 4 is 0 Å². The second kappa shape index (κ2) is 9.65. The van der Waals surface area contributed by atoms with Gasteiger partial charge in [0.2, 0.25) is 0 Å². The molecule has 0 radical (unpaired) electrons. The zero-order valence-electron chi connectivity index (χ0n) is 18.9. The van der Waals surface area contributed by atoms with Crippen LogP contribution in [0.2, 0.25) is 0 Å². The highest BCUT2D eigenvalue weighted by Crippen LogP contribution is 2.30. The first kappa shape index (κ1) is 22.2. The number of ether oxygens (including phenoxy) is 2. The Morgan fingerprint density at radius 3 is 2.59 bits per heavy atom. The zero-order chi connectivity index (χ0) is 22.6. The largest absolute Gasteiger partial charge is 0.492 e. The van der Waals surface area contributed by atoms with E-state index in [4.69, 9.17) is 9.47 Å². The first-order chi connectivity index (χ1) is 15.4. The maximum absolute atomic E-state index is 10.9. The van der Waals surface area contributed by atoms with E-state index in [1.54, 1.807) is 18.5 Å². The van der Waals surface area contributed by atoms with Crippen LogP contribution in [0.15, 0.2) is 60.9 Å². The van der Waals surface area contributed by atoms with Crippen LogP contribution in [-0.2, 0) is 18.7 Å². The second-order valence-electron chi connectivity index (χ2n) is 8.67. The molecular formula is C25H30N4O3. The minimum Gasteiger partial charge on any atom is -0.492 e. The monoisotopic (exact) mass is 434 g/mol. The number of aliphatic hydroxyl groups is 1. The quantitative estimate of drug-likeness (QED) is 0.611. The van der Waals surface area contributed by atoms with Crippen molar-refractivity contribution in [1.29, 1.82) is 0 Å². The van der Waals surface area contributed by atoms with Crippen LogP contribution < -0.4 is 9.47 Å². The molecule has 2 heterocycles. The molecule has 7 nitrogen and oxygen atoms in total. The van der Waals surface area contributed by atoms with Gasteiger partial charge >= 0.3 is 6.01 Å². The van der Waals surface area contributed by atoms with E-state index >= 15 is 0 Å². The summed E-state index contributed by atoms with van der Waals surface area (Å²) in [5.74, 6) is 1.60. The number of fused-ring (bicyclic) bond motifs is 1. The van der Waals surface area contributed by atoms with Gasteiger partial charge in [-0.3, -0.25) is 4.90 Å². The summed E-state index contributed by atoms with van der Waals surface area (Å²) in [5.41, 5.74) is 2.26. The third-order valence-corrected chi connectivity index (χ3v) is 5.45. The third kappa shape index (κ3) is 5.62. The summed E-state index contributed by atoms with van der Waals surface area (Å²) in [5, 5.41) is 10.9. The zero-order valence-corrected chi connectivity index (χ0v) is 18.9. The van der Waals surface area contributed by atoms with Gasteiger partial charge in [-0.1, -0.05) is 18.2 Å². The Balaban J connectivity index is 1.44. The maximum atomic E-state index is 10.9. The van der Waals surface area contributed by atoms with Gasteiger partial charge in [0.05, 0.1) is 5.60 Å². The van der Waals surface area contributed by atoms with Crippen LogP contribution in [-0.4, -0.2) is 58.7 Å². The molecule has 0 fully saturated rings. The van der Waals surface area contributed by atoms with E-state index in [0.717, 1.165) is 36.5 Å². The highest BCUT2D eigenvalue weighted by molar-refractivity contribution is 5.40. The predicted octanol–water partition coefficient (Wildman–Crippen LogP) is 3.43. The van der Waals surface area contributed by atoms with E-state index in [2.05, 4.69) is 33.1 Å². The number of hydrogen-bond donors (Lipinski definition) is 1. The highest BCUT2D eigenvalue weighted by Gasteiger charge is 2.26. The fourth-order valence-electron chi connectivity index (χ4n) is 3.99. The van der Waals surface area contributed by atoms with Crippen LogP contribution in [0.5, 0.6) is 17.5 Å². The number of rotatable bonds is 7. The summed E-state index contributed by atoms with van der Waals surface area (Å²) >= 11 is 0. The lowest BCUT2D eigenvalue weighted by atomic mass is 9.93. The van der Waals surface area contributed by atoms with Crippen molar-refractivity contribution in [2.24, 2.45) is 0 Å². The van der Waals surface area contributed by atoms with Crippen LogP contribution in [0.1, 0.15) is 23.6 Å². The third-order valence-electron chi connectivity index (χ3n) is 5.45. The topological polar surface area (TPSA) is 71.0 Å². The Kier molecular flexibility index (Phi) is 6.69. The standard InChI is InChI=1S/C25H30N4O3/c1-25(30,18-28(2)3)21-7-10-23-20(15-21)17-29(13-14-31-23)16-19-5-8-22(9-6-19)32-24-26-11-4-12-27-24/h4-12,15,30H,13-14,16-18H2,1-3H3. The molecule has 0 aliphatic carbocycles. The second-order valence-corrected chi connectivity index (χ2v) is 8.67. The van der Waals surface area contributed by atoms with E-state index < -0.39 is 5.60 Å². The van der Waals surface area contributed by atoms with Crippen LogP contribution in [0.4, 0.5) is 0 Å². The van der Waals surface area contributed by atoms with Gasteiger partial charge in [0.25, 0.3) is 0 Å². The molecule has 0 saturated heterocycles. The van der Waals surface area contributed by atoms with Gasteiger partial charge in [-0.2, -0.15) is 0 Å². The fourth-order valence-corrected chi connectivity index (χ4v) is 3.99. The number of aromatic nitrogens is 2. The average Bonchev–Trinajstić information content (AvgIpc) is 2.96. The lowest BCUT2D eigenvalue weighted by Gasteiger charge is -2.28. The summed E-state index contributed by atoms with van der Waals surface area (Å²) in [7, 11) is 3.93. The smallest absolute Gasteiger partial charge is 0.321 e. The summed E-state index contributed by atoms with van der Waals surface area (Å²) in [6.07, 6.45) is 3.31. The Labute approximate surface area is 189 Å². The van der Waals surface area contributed by atoms with Crippen molar-refractivity contribution in [2.75, 3.05) is 33.8 Å². The van der Waals surface area contributed by atoms with Gasteiger partial charge in [-0.15, -0.1) is 0 Å². The van der Waals surface area contributed by atoms with Gasteiger partial charge in [-0.25, -0.2) is 9.97 Å². The molecule has 168 valence electrons. The number of likely N-dealkylation sites (N-methyl/N-ethyl adjacent to an activating group) is 1.